The molecule has 30 heavy (non-hydrogen) atoms. The summed E-state index contributed by atoms with van der Waals surface area (Å²) in [4.78, 5) is 12.5. The fourth-order valence-electron chi connectivity index (χ4n) is 2.70. The van der Waals surface area contributed by atoms with Gasteiger partial charge in [0.1, 0.15) is 28.3 Å². The lowest BCUT2D eigenvalue weighted by molar-refractivity contribution is -0.119. The Hall–Kier alpha value is -2.95. The summed E-state index contributed by atoms with van der Waals surface area (Å²) >= 11 is 6.04. The lowest BCUT2D eigenvalue weighted by atomic mass is 10.2. The molecule has 0 saturated carbocycles. The highest BCUT2D eigenvalue weighted by atomic mass is 35.5. The van der Waals surface area contributed by atoms with E-state index in [0.717, 1.165) is 0 Å². The van der Waals surface area contributed by atoms with Crippen molar-refractivity contribution in [3.8, 4) is 0 Å². The number of rotatable bonds is 7. The zero-order valence-electron chi connectivity index (χ0n) is 15.4. The number of benzene rings is 1. The third kappa shape index (κ3) is 4.61. The van der Waals surface area contributed by atoms with Gasteiger partial charge in [0, 0.05) is 11.8 Å². The minimum atomic E-state index is -3.11. The second-order valence-electron chi connectivity index (χ2n) is 6.32. The molecule has 1 unspecified atom stereocenters. The Balaban J connectivity index is 1.78. The predicted molar refractivity (Wildman–Crippen MR) is 98.2 cm³/mol. The molecule has 160 valence electrons. The Morgan fingerprint density at radius 3 is 2.50 bits per heavy atom. The van der Waals surface area contributed by atoms with Crippen LogP contribution < -0.4 is 5.32 Å². The van der Waals surface area contributed by atoms with Crippen LogP contribution in [0.5, 0.6) is 0 Å². The van der Waals surface area contributed by atoms with Crippen LogP contribution in [-0.4, -0.2) is 25.5 Å². The molecule has 1 aromatic carbocycles. The third-order valence-electron chi connectivity index (χ3n) is 4.23. The molecule has 3 aromatic rings. The molecule has 0 aliphatic rings. The molecule has 2 heterocycles. The number of aromatic nitrogens is 4. The van der Waals surface area contributed by atoms with Gasteiger partial charge in [-0.25, -0.2) is 22.0 Å². The quantitative estimate of drug-likeness (QED) is 0.519. The zero-order valence-corrected chi connectivity index (χ0v) is 16.1. The Labute approximate surface area is 172 Å². The van der Waals surface area contributed by atoms with E-state index in [1.54, 1.807) is 12.1 Å². The first kappa shape index (κ1) is 21.8. The maximum atomic E-state index is 13.8. The second kappa shape index (κ2) is 8.82. The summed E-state index contributed by atoms with van der Waals surface area (Å²) in [5, 5.41) is 9.82. The van der Waals surface area contributed by atoms with Gasteiger partial charge >= 0.3 is 0 Å². The van der Waals surface area contributed by atoms with Crippen LogP contribution >= 0.6 is 11.6 Å². The maximum absolute atomic E-state index is 13.8. The van der Waals surface area contributed by atoms with Crippen LogP contribution in [0.1, 0.15) is 42.8 Å². The number of carbonyl (C=O) groups is 1. The molecule has 12 heteroatoms. The normalized spacial score (nSPS) is 12.6. The highest BCUT2D eigenvalue weighted by Crippen LogP contribution is 2.28. The van der Waals surface area contributed by atoms with Crippen molar-refractivity contribution in [1.82, 2.24) is 19.6 Å². The SMILES string of the molecule is CC(C(=O)Nc1nn(Cc2ccccc2F)cc1Cl)n1nc(C(F)F)cc1C(F)F. The van der Waals surface area contributed by atoms with Gasteiger partial charge in [-0.3, -0.25) is 14.2 Å². The molecule has 0 spiro atoms. The number of anilines is 1. The van der Waals surface area contributed by atoms with Gasteiger partial charge in [-0.1, -0.05) is 29.8 Å². The molecule has 0 radical (unpaired) electrons. The van der Waals surface area contributed by atoms with Gasteiger partial charge in [-0.05, 0) is 19.1 Å². The van der Waals surface area contributed by atoms with E-state index in [9.17, 15) is 26.7 Å². The summed E-state index contributed by atoms with van der Waals surface area (Å²) in [7, 11) is 0. The van der Waals surface area contributed by atoms with E-state index in [1.165, 1.54) is 29.9 Å². The molecular weight excluding hydrogens is 433 g/mol. The second-order valence-corrected chi connectivity index (χ2v) is 6.73. The average molecular weight is 448 g/mol. The Kier molecular flexibility index (Phi) is 6.40. The molecule has 1 N–H and O–H groups in total. The number of hydrogen-bond donors (Lipinski definition) is 1. The van der Waals surface area contributed by atoms with Crippen molar-refractivity contribution in [3.63, 3.8) is 0 Å². The van der Waals surface area contributed by atoms with Crippen LogP contribution in [0, 0.1) is 5.82 Å². The number of nitrogens with one attached hydrogen (secondary N) is 1. The summed E-state index contributed by atoms with van der Waals surface area (Å²) in [6, 6.07) is 5.21. The molecule has 1 amide bonds. The number of carbonyl (C=O) groups excluding carboxylic acids is 1. The molecule has 0 aliphatic heterocycles. The summed E-state index contributed by atoms with van der Waals surface area (Å²) in [5.41, 5.74) is -1.35. The van der Waals surface area contributed by atoms with Crippen LogP contribution in [0.4, 0.5) is 27.8 Å². The van der Waals surface area contributed by atoms with E-state index in [4.69, 9.17) is 11.6 Å². The Morgan fingerprint density at radius 2 is 1.87 bits per heavy atom. The minimum Gasteiger partial charge on any atom is -0.306 e. The van der Waals surface area contributed by atoms with Crippen molar-refractivity contribution in [2.24, 2.45) is 0 Å². The van der Waals surface area contributed by atoms with Crippen molar-refractivity contribution < 1.29 is 26.7 Å². The van der Waals surface area contributed by atoms with Crippen LogP contribution in [0.15, 0.2) is 36.5 Å². The van der Waals surface area contributed by atoms with Gasteiger partial charge < -0.3 is 5.32 Å². The molecular formula is C18H15ClF5N5O. The predicted octanol–water partition coefficient (Wildman–Crippen LogP) is 5.00. The van der Waals surface area contributed by atoms with Gasteiger partial charge in [-0.15, -0.1) is 0 Å². The molecule has 2 aromatic heterocycles. The van der Waals surface area contributed by atoms with Crippen molar-refractivity contribution in [2.75, 3.05) is 5.32 Å². The van der Waals surface area contributed by atoms with E-state index in [-0.39, 0.29) is 17.4 Å². The summed E-state index contributed by atoms with van der Waals surface area (Å²) in [6.07, 6.45) is -4.83. The fraction of sp³-hybridized carbons (Fsp3) is 0.278. The van der Waals surface area contributed by atoms with E-state index in [2.05, 4.69) is 15.5 Å². The number of amides is 1. The van der Waals surface area contributed by atoms with Gasteiger partial charge in [0.05, 0.1) is 6.54 Å². The van der Waals surface area contributed by atoms with Gasteiger partial charge in [-0.2, -0.15) is 10.2 Å². The molecule has 0 bridgehead atoms. The van der Waals surface area contributed by atoms with E-state index in [0.29, 0.717) is 16.3 Å². The molecule has 0 fully saturated rings. The van der Waals surface area contributed by atoms with Crippen molar-refractivity contribution in [2.45, 2.75) is 32.4 Å². The van der Waals surface area contributed by atoms with Crippen LogP contribution in [0.3, 0.4) is 0 Å². The molecule has 1 atom stereocenters. The minimum absolute atomic E-state index is 0.0229. The molecule has 0 saturated heterocycles. The maximum Gasteiger partial charge on any atom is 0.282 e. The molecule has 0 aliphatic carbocycles. The van der Waals surface area contributed by atoms with Crippen molar-refractivity contribution in [3.05, 3.63) is 64.3 Å². The van der Waals surface area contributed by atoms with Crippen LogP contribution in [0.2, 0.25) is 5.02 Å². The Bertz CT molecular complexity index is 1050. The van der Waals surface area contributed by atoms with E-state index < -0.39 is 42.0 Å². The van der Waals surface area contributed by atoms with Crippen molar-refractivity contribution >= 4 is 23.3 Å². The fourth-order valence-corrected chi connectivity index (χ4v) is 2.90. The van der Waals surface area contributed by atoms with Gasteiger partial charge in [0.2, 0.25) is 5.91 Å². The zero-order chi connectivity index (χ0) is 22.0. The summed E-state index contributed by atoms with van der Waals surface area (Å²) < 4.78 is 67.6. The number of nitrogens with zero attached hydrogens (tertiary/aromatic N) is 4. The summed E-state index contributed by atoms with van der Waals surface area (Å²) in [5.74, 6) is -1.39. The largest absolute Gasteiger partial charge is 0.306 e. The number of halogens is 6. The van der Waals surface area contributed by atoms with E-state index >= 15 is 0 Å². The Morgan fingerprint density at radius 1 is 1.17 bits per heavy atom. The monoisotopic (exact) mass is 447 g/mol. The average Bonchev–Trinajstić information content (AvgIpc) is 3.27. The van der Waals surface area contributed by atoms with Crippen molar-refractivity contribution in [1.29, 1.82) is 0 Å². The molecule has 3 rings (SSSR count). The summed E-state index contributed by atoms with van der Waals surface area (Å²) in [6.45, 7) is 1.25. The first-order valence-corrected chi connectivity index (χ1v) is 8.98. The highest BCUT2D eigenvalue weighted by Gasteiger charge is 2.27. The number of alkyl halides is 4. The lowest BCUT2D eigenvalue weighted by Gasteiger charge is -2.14. The first-order valence-electron chi connectivity index (χ1n) is 8.60. The van der Waals surface area contributed by atoms with Gasteiger partial charge in [0.15, 0.2) is 5.82 Å². The lowest BCUT2D eigenvalue weighted by Crippen LogP contribution is -2.26. The topological polar surface area (TPSA) is 64.7 Å². The standard InChI is InChI=1S/C18H15ClF5N5O/c1-9(29-14(16(23)24)6-13(26-29)15(21)22)18(30)25-17-11(19)8-28(27-17)7-10-4-2-3-5-12(10)20/h2-6,8-9,15-16H,7H2,1H3,(H,25,27,30). The highest BCUT2D eigenvalue weighted by molar-refractivity contribution is 6.33. The van der Waals surface area contributed by atoms with Crippen LogP contribution in [-0.2, 0) is 11.3 Å². The third-order valence-corrected chi connectivity index (χ3v) is 4.50. The first-order chi connectivity index (χ1) is 14.2. The molecule has 6 nitrogen and oxygen atoms in total. The van der Waals surface area contributed by atoms with Crippen LogP contribution in [0.25, 0.3) is 0 Å². The van der Waals surface area contributed by atoms with Gasteiger partial charge in [0.25, 0.3) is 12.9 Å². The number of hydrogen-bond acceptors (Lipinski definition) is 3. The van der Waals surface area contributed by atoms with E-state index in [1.807, 2.05) is 0 Å². The smallest absolute Gasteiger partial charge is 0.282 e.